The fourth-order valence-corrected chi connectivity index (χ4v) is 1.66. The van der Waals surface area contributed by atoms with Crippen molar-refractivity contribution >= 4 is 22.1 Å². The number of hydrogen-bond donors (Lipinski definition) is 1. The molecule has 6 heteroatoms. The maximum atomic E-state index is 11.0. The summed E-state index contributed by atoms with van der Waals surface area (Å²) in [6.07, 6.45) is 3.51. The van der Waals surface area contributed by atoms with Crippen LogP contribution in [-0.4, -0.2) is 21.5 Å². The van der Waals surface area contributed by atoms with Crippen LogP contribution in [0.2, 0.25) is 0 Å². The number of carbonyl (C=O) groups excluding carboxylic acids is 1. The third kappa shape index (κ3) is 4.38. The van der Waals surface area contributed by atoms with Gasteiger partial charge in [0.2, 0.25) is 10.0 Å². The smallest absolute Gasteiger partial charge is 0.309 e. The number of primary sulfonamides is 1. The number of nitrogens with two attached hydrogens (primary N) is 1. The molecule has 0 unspecified atom stereocenters. The van der Waals surface area contributed by atoms with Gasteiger partial charge in [0.15, 0.2) is 0 Å². The number of esters is 1. The lowest BCUT2D eigenvalue weighted by atomic mass is 10.2. The van der Waals surface area contributed by atoms with E-state index >= 15 is 0 Å². The minimum atomic E-state index is -3.66. The molecule has 0 saturated heterocycles. The second-order valence-corrected chi connectivity index (χ2v) is 4.86. The highest BCUT2D eigenvalue weighted by molar-refractivity contribution is 7.89. The van der Waals surface area contributed by atoms with Crippen molar-refractivity contribution < 1.29 is 17.9 Å². The van der Waals surface area contributed by atoms with Gasteiger partial charge in [-0.2, -0.15) is 0 Å². The van der Waals surface area contributed by atoms with Crippen LogP contribution in [0.5, 0.6) is 0 Å². The predicted octanol–water partition coefficient (Wildman–Crippen LogP) is 0.910. The van der Waals surface area contributed by atoms with Gasteiger partial charge in [0.05, 0.1) is 18.4 Å². The van der Waals surface area contributed by atoms with Gasteiger partial charge < -0.3 is 4.74 Å². The number of rotatable bonds is 4. The van der Waals surface area contributed by atoms with Crippen LogP contribution in [-0.2, 0) is 19.6 Å². The summed E-state index contributed by atoms with van der Waals surface area (Å²) < 4.78 is 26.4. The number of methoxy groups -OCH3 is 1. The standard InChI is InChI=1S/C11H13NO4S/c1-16-11(13)4-2-3-9-5-7-10(8-6-9)17(12,14)15/h2-3,5-8H,4H2,1H3,(H2,12,14,15). The van der Waals surface area contributed by atoms with Gasteiger partial charge in [0.25, 0.3) is 0 Å². The number of ether oxygens (including phenoxy) is 1. The molecule has 0 aliphatic rings. The Bertz CT molecular complexity index is 517. The Hall–Kier alpha value is -1.66. The van der Waals surface area contributed by atoms with Crippen LogP contribution >= 0.6 is 0 Å². The van der Waals surface area contributed by atoms with E-state index in [-0.39, 0.29) is 17.3 Å². The monoisotopic (exact) mass is 255 g/mol. The molecular formula is C11H13NO4S. The highest BCUT2D eigenvalue weighted by Gasteiger charge is 2.05. The molecule has 1 rings (SSSR count). The second-order valence-electron chi connectivity index (χ2n) is 3.30. The van der Waals surface area contributed by atoms with Crippen molar-refractivity contribution in [2.24, 2.45) is 5.14 Å². The van der Waals surface area contributed by atoms with Crippen LogP contribution in [0.3, 0.4) is 0 Å². The van der Waals surface area contributed by atoms with Crippen molar-refractivity contribution in [2.45, 2.75) is 11.3 Å². The van der Waals surface area contributed by atoms with Crippen molar-refractivity contribution in [2.75, 3.05) is 7.11 Å². The van der Waals surface area contributed by atoms with Gasteiger partial charge in [0.1, 0.15) is 0 Å². The Morgan fingerprint density at radius 1 is 1.35 bits per heavy atom. The molecule has 5 nitrogen and oxygen atoms in total. The summed E-state index contributed by atoms with van der Waals surface area (Å²) in [6, 6.07) is 6.03. The molecule has 92 valence electrons. The molecular weight excluding hydrogens is 242 g/mol. The first kappa shape index (κ1) is 13.4. The van der Waals surface area contributed by atoms with E-state index in [9.17, 15) is 13.2 Å². The van der Waals surface area contributed by atoms with Gasteiger partial charge >= 0.3 is 5.97 Å². The van der Waals surface area contributed by atoms with Crippen LogP contribution < -0.4 is 5.14 Å². The van der Waals surface area contributed by atoms with E-state index in [4.69, 9.17) is 5.14 Å². The van der Waals surface area contributed by atoms with E-state index in [0.29, 0.717) is 0 Å². The lowest BCUT2D eigenvalue weighted by Gasteiger charge is -1.98. The van der Waals surface area contributed by atoms with Crippen LogP contribution in [0, 0.1) is 0 Å². The third-order valence-corrected chi connectivity index (χ3v) is 2.96. The molecule has 0 aliphatic carbocycles. The predicted molar refractivity (Wildman–Crippen MR) is 63.5 cm³/mol. The molecule has 17 heavy (non-hydrogen) atoms. The van der Waals surface area contributed by atoms with E-state index in [1.54, 1.807) is 24.3 Å². The van der Waals surface area contributed by atoms with E-state index in [2.05, 4.69) is 4.74 Å². The normalized spacial score (nSPS) is 11.6. The summed E-state index contributed by atoms with van der Waals surface area (Å²) in [5, 5.41) is 4.96. The van der Waals surface area contributed by atoms with E-state index in [1.807, 2.05) is 0 Å². The summed E-state index contributed by atoms with van der Waals surface area (Å²) in [7, 11) is -2.34. The molecule has 2 N–H and O–H groups in total. The molecule has 0 spiro atoms. The molecule has 1 aromatic carbocycles. The SMILES string of the molecule is COC(=O)CC=Cc1ccc(S(N)(=O)=O)cc1. The molecule has 0 radical (unpaired) electrons. The maximum absolute atomic E-state index is 11.0. The largest absolute Gasteiger partial charge is 0.469 e. The number of carbonyl (C=O) groups is 1. The molecule has 0 aromatic heterocycles. The molecule has 0 heterocycles. The topological polar surface area (TPSA) is 86.5 Å². The summed E-state index contributed by atoms with van der Waals surface area (Å²) in [5.74, 6) is -0.331. The molecule has 0 atom stereocenters. The van der Waals surface area contributed by atoms with Gasteiger partial charge in [0, 0.05) is 0 Å². The lowest BCUT2D eigenvalue weighted by Crippen LogP contribution is -2.11. The first-order valence-electron chi connectivity index (χ1n) is 4.79. The number of hydrogen-bond acceptors (Lipinski definition) is 4. The second kappa shape index (κ2) is 5.60. The van der Waals surface area contributed by atoms with Gasteiger partial charge in [-0.3, -0.25) is 4.79 Å². The third-order valence-electron chi connectivity index (χ3n) is 2.03. The van der Waals surface area contributed by atoms with Crippen LogP contribution in [0.4, 0.5) is 0 Å². The Morgan fingerprint density at radius 2 is 1.94 bits per heavy atom. The Morgan fingerprint density at radius 3 is 2.41 bits per heavy atom. The van der Waals surface area contributed by atoms with Gasteiger partial charge in [-0.25, -0.2) is 13.6 Å². The Labute approximate surface area is 99.9 Å². The first-order chi connectivity index (χ1) is 7.93. The molecule has 0 saturated carbocycles. The Kier molecular flexibility index (Phi) is 4.42. The number of benzene rings is 1. The van der Waals surface area contributed by atoms with Crippen LogP contribution in [0.25, 0.3) is 6.08 Å². The molecule has 0 fully saturated rings. The van der Waals surface area contributed by atoms with E-state index in [0.717, 1.165) is 5.56 Å². The summed E-state index contributed by atoms with van der Waals surface area (Å²) >= 11 is 0. The van der Waals surface area contributed by atoms with Crippen LogP contribution in [0.15, 0.2) is 35.2 Å². The fraction of sp³-hybridized carbons (Fsp3) is 0.182. The highest BCUT2D eigenvalue weighted by atomic mass is 32.2. The Balaban J connectivity index is 2.72. The van der Waals surface area contributed by atoms with Crippen molar-refractivity contribution in [3.8, 4) is 0 Å². The average molecular weight is 255 g/mol. The first-order valence-corrected chi connectivity index (χ1v) is 6.34. The quantitative estimate of drug-likeness (QED) is 0.810. The van der Waals surface area contributed by atoms with E-state index in [1.165, 1.54) is 19.2 Å². The summed E-state index contributed by atoms with van der Waals surface area (Å²) in [5.41, 5.74) is 0.779. The van der Waals surface area contributed by atoms with Crippen molar-refractivity contribution in [1.29, 1.82) is 0 Å². The van der Waals surface area contributed by atoms with Crippen molar-refractivity contribution in [1.82, 2.24) is 0 Å². The minimum Gasteiger partial charge on any atom is -0.469 e. The number of sulfonamides is 1. The molecule has 0 amide bonds. The average Bonchev–Trinajstić information content (AvgIpc) is 2.28. The van der Waals surface area contributed by atoms with E-state index < -0.39 is 10.0 Å². The zero-order valence-corrected chi connectivity index (χ0v) is 10.1. The maximum Gasteiger partial charge on any atom is 0.309 e. The zero-order valence-electron chi connectivity index (χ0n) is 9.29. The summed E-state index contributed by atoms with van der Waals surface area (Å²) in [6.45, 7) is 0. The van der Waals surface area contributed by atoms with Crippen molar-refractivity contribution in [3.63, 3.8) is 0 Å². The van der Waals surface area contributed by atoms with Gasteiger partial charge in [-0.15, -0.1) is 0 Å². The zero-order chi connectivity index (χ0) is 12.9. The van der Waals surface area contributed by atoms with Gasteiger partial charge in [-0.1, -0.05) is 24.3 Å². The van der Waals surface area contributed by atoms with Crippen molar-refractivity contribution in [3.05, 3.63) is 35.9 Å². The van der Waals surface area contributed by atoms with Gasteiger partial charge in [-0.05, 0) is 17.7 Å². The minimum absolute atomic E-state index is 0.0580. The molecule has 0 bridgehead atoms. The van der Waals surface area contributed by atoms with Crippen LogP contribution in [0.1, 0.15) is 12.0 Å². The highest BCUT2D eigenvalue weighted by Crippen LogP contribution is 2.10. The lowest BCUT2D eigenvalue weighted by molar-refractivity contribution is -0.139. The molecule has 1 aromatic rings. The molecule has 0 aliphatic heterocycles. The summed E-state index contributed by atoms with van der Waals surface area (Å²) in [4.78, 5) is 10.9. The fourth-order valence-electron chi connectivity index (χ4n) is 1.14.